The zero-order chi connectivity index (χ0) is 23.1. The van der Waals surface area contributed by atoms with E-state index in [-0.39, 0.29) is 40.7 Å². The quantitative estimate of drug-likeness (QED) is 0.537. The van der Waals surface area contributed by atoms with E-state index in [1.165, 1.54) is 12.5 Å². The Labute approximate surface area is 190 Å². The Kier molecular flexibility index (Phi) is 4.83. The number of nitrogens with one attached hydrogen (secondary N) is 1. The third-order valence-corrected chi connectivity index (χ3v) is 8.15. The van der Waals surface area contributed by atoms with Gasteiger partial charge in [-0.15, -0.1) is 13.2 Å². The Morgan fingerprint density at radius 3 is 2.38 bits per heavy atom. The molecule has 0 spiro atoms. The summed E-state index contributed by atoms with van der Waals surface area (Å²) >= 11 is 6.06. The van der Waals surface area contributed by atoms with Crippen molar-refractivity contribution in [2.45, 2.75) is 83.7 Å². The highest BCUT2D eigenvalue weighted by Crippen LogP contribution is 2.61. The molecule has 4 aliphatic rings. The van der Waals surface area contributed by atoms with E-state index in [9.17, 15) is 18.0 Å². The molecular formula is C24H28ClF3N2O2. The second-order valence-corrected chi connectivity index (χ2v) is 11.3. The second-order valence-electron chi connectivity index (χ2n) is 10.9. The SMILES string of the molecule is CC(CC(=O)N1C2CC3(C)CC1CC(C)(C2)C3)c1c[nH]c2ccc(Cl)c(OC(F)(F)F)c12. The fraction of sp³-hybridized carbons (Fsp3) is 0.625. The van der Waals surface area contributed by atoms with Crippen LogP contribution in [0.4, 0.5) is 13.2 Å². The van der Waals surface area contributed by atoms with E-state index >= 15 is 0 Å². The first-order valence-electron chi connectivity index (χ1n) is 11.2. The Morgan fingerprint density at radius 1 is 1.22 bits per heavy atom. The monoisotopic (exact) mass is 468 g/mol. The van der Waals surface area contributed by atoms with Gasteiger partial charge in [-0.3, -0.25) is 4.79 Å². The average molecular weight is 469 g/mol. The van der Waals surface area contributed by atoms with Gasteiger partial charge in [0, 0.05) is 35.6 Å². The van der Waals surface area contributed by atoms with Gasteiger partial charge in [-0.2, -0.15) is 0 Å². The number of amides is 1. The zero-order valence-electron chi connectivity index (χ0n) is 18.5. The normalized spacial score (nSPS) is 32.5. The summed E-state index contributed by atoms with van der Waals surface area (Å²) in [7, 11) is 0. The third kappa shape index (κ3) is 3.66. The van der Waals surface area contributed by atoms with Gasteiger partial charge in [-0.1, -0.05) is 32.4 Å². The van der Waals surface area contributed by atoms with E-state index in [2.05, 4.69) is 28.5 Å². The first kappa shape index (κ1) is 21.9. The Hall–Kier alpha value is -1.89. The van der Waals surface area contributed by atoms with Crippen LogP contribution in [0.25, 0.3) is 10.9 Å². The molecule has 2 aliphatic carbocycles. The van der Waals surface area contributed by atoms with Crippen LogP contribution >= 0.6 is 11.6 Å². The van der Waals surface area contributed by atoms with Gasteiger partial charge in [-0.05, 0) is 66.5 Å². The van der Waals surface area contributed by atoms with Gasteiger partial charge in [0.1, 0.15) is 0 Å². The summed E-state index contributed by atoms with van der Waals surface area (Å²) in [5.74, 6) is -0.607. The van der Waals surface area contributed by atoms with Crippen LogP contribution in [0.5, 0.6) is 5.75 Å². The lowest BCUT2D eigenvalue weighted by Gasteiger charge is -2.64. The topological polar surface area (TPSA) is 45.3 Å². The third-order valence-electron chi connectivity index (χ3n) is 7.85. The van der Waals surface area contributed by atoms with Crippen molar-refractivity contribution in [3.8, 4) is 5.75 Å². The number of benzene rings is 1. The minimum atomic E-state index is -4.86. The van der Waals surface area contributed by atoms with Crippen LogP contribution in [0.1, 0.15) is 70.8 Å². The largest absolute Gasteiger partial charge is 0.573 e. The van der Waals surface area contributed by atoms with Crippen LogP contribution in [-0.2, 0) is 4.79 Å². The summed E-state index contributed by atoms with van der Waals surface area (Å²) in [4.78, 5) is 18.6. The van der Waals surface area contributed by atoms with E-state index < -0.39 is 12.1 Å². The lowest BCUT2D eigenvalue weighted by atomic mass is 9.50. The maximum atomic E-state index is 13.4. The standard InChI is InChI=1S/C24H28ClF3N2O2/c1-13(16-11-29-18-5-4-17(25)21(20(16)18)32-24(26,27)28)6-19(31)30-14-7-22(2)8-15(30)10-23(3,9-14)12-22/h4-5,11,13-15,29H,6-10,12H2,1-3H3. The van der Waals surface area contributed by atoms with Crippen molar-refractivity contribution in [1.82, 2.24) is 9.88 Å². The summed E-state index contributed by atoms with van der Waals surface area (Å²) in [6.07, 6.45) is 2.48. The highest BCUT2D eigenvalue weighted by Gasteiger charge is 2.58. The number of ether oxygens (including phenoxy) is 1. The molecule has 1 N–H and O–H groups in total. The molecule has 4 fully saturated rings. The van der Waals surface area contributed by atoms with Gasteiger partial charge >= 0.3 is 6.36 Å². The van der Waals surface area contributed by atoms with Crippen LogP contribution in [0, 0.1) is 10.8 Å². The predicted molar refractivity (Wildman–Crippen MR) is 117 cm³/mol. The highest BCUT2D eigenvalue weighted by atomic mass is 35.5. The fourth-order valence-electron chi connectivity index (χ4n) is 7.28. The minimum absolute atomic E-state index is 0.0909. The molecule has 3 heterocycles. The van der Waals surface area contributed by atoms with E-state index in [0.29, 0.717) is 21.9 Å². The molecule has 2 saturated carbocycles. The number of fused-ring (bicyclic) bond motifs is 1. The second kappa shape index (κ2) is 7.05. The Balaban J connectivity index is 1.41. The first-order chi connectivity index (χ1) is 14.9. The van der Waals surface area contributed by atoms with Gasteiger partial charge in [-0.25, -0.2) is 0 Å². The number of aromatic amines is 1. The number of rotatable bonds is 4. The van der Waals surface area contributed by atoms with Crippen LogP contribution in [0.3, 0.4) is 0 Å². The molecule has 174 valence electrons. The number of aromatic nitrogens is 1. The van der Waals surface area contributed by atoms with E-state index in [0.717, 1.165) is 25.7 Å². The molecule has 2 aromatic rings. The summed E-state index contributed by atoms with van der Waals surface area (Å²) in [6, 6.07) is 3.55. The summed E-state index contributed by atoms with van der Waals surface area (Å²) in [5, 5.41) is 0.177. The maximum Gasteiger partial charge on any atom is 0.573 e. The molecular weight excluding hydrogens is 441 g/mol. The van der Waals surface area contributed by atoms with Gasteiger partial charge < -0.3 is 14.6 Å². The fourth-order valence-corrected chi connectivity index (χ4v) is 7.47. The molecule has 2 saturated heterocycles. The molecule has 6 rings (SSSR count). The molecule has 1 aromatic heterocycles. The van der Waals surface area contributed by atoms with Crippen LogP contribution in [0.2, 0.25) is 5.02 Å². The Bertz CT molecular complexity index is 1040. The lowest BCUT2D eigenvalue weighted by Crippen LogP contribution is -2.65. The van der Waals surface area contributed by atoms with Crippen molar-refractivity contribution in [2.75, 3.05) is 0 Å². The molecule has 1 aromatic carbocycles. The average Bonchev–Trinajstić information content (AvgIpc) is 3.05. The molecule has 1 unspecified atom stereocenters. The number of H-pyrrole nitrogens is 1. The van der Waals surface area contributed by atoms with Gasteiger partial charge in [0.25, 0.3) is 0 Å². The Morgan fingerprint density at radius 2 is 1.81 bits per heavy atom. The number of nitrogens with zero attached hydrogens (tertiary/aromatic N) is 1. The van der Waals surface area contributed by atoms with Crippen molar-refractivity contribution in [3.05, 3.63) is 28.9 Å². The van der Waals surface area contributed by atoms with E-state index in [1.807, 2.05) is 6.92 Å². The van der Waals surface area contributed by atoms with Gasteiger partial charge in [0.05, 0.1) is 5.02 Å². The number of carbonyl (C=O) groups is 1. The van der Waals surface area contributed by atoms with Crippen molar-refractivity contribution in [3.63, 3.8) is 0 Å². The van der Waals surface area contributed by atoms with Crippen LogP contribution in [0.15, 0.2) is 18.3 Å². The predicted octanol–water partition coefficient (Wildman–Crippen LogP) is 6.78. The molecule has 1 atom stereocenters. The highest BCUT2D eigenvalue weighted by molar-refractivity contribution is 6.33. The number of hydrogen-bond donors (Lipinski definition) is 1. The van der Waals surface area contributed by atoms with E-state index in [4.69, 9.17) is 11.6 Å². The number of hydrogen-bond acceptors (Lipinski definition) is 2. The van der Waals surface area contributed by atoms with Crippen molar-refractivity contribution in [1.29, 1.82) is 0 Å². The van der Waals surface area contributed by atoms with Crippen LogP contribution in [-0.4, -0.2) is 34.2 Å². The smallest absolute Gasteiger partial charge is 0.403 e. The lowest BCUT2D eigenvalue weighted by molar-refractivity contribution is -0.274. The summed E-state index contributed by atoms with van der Waals surface area (Å²) in [5.41, 5.74) is 1.75. The minimum Gasteiger partial charge on any atom is -0.403 e. The van der Waals surface area contributed by atoms with Crippen molar-refractivity contribution < 1.29 is 22.7 Å². The molecule has 8 heteroatoms. The summed E-state index contributed by atoms with van der Waals surface area (Å²) in [6.45, 7) is 6.58. The molecule has 4 bridgehead atoms. The molecule has 1 amide bonds. The van der Waals surface area contributed by atoms with E-state index in [1.54, 1.807) is 12.3 Å². The number of halogens is 4. The summed E-state index contributed by atoms with van der Waals surface area (Å²) < 4.78 is 43.3. The van der Waals surface area contributed by atoms with Crippen LogP contribution < -0.4 is 4.74 Å². The number of alkyl halides is 3. The zero-order valence-corrected chi connectivity index (χ0v) is 19.2. The van der Waals surface area contributed by atoms with Crippen molar-refractivity contribution >= 4 is 28.4 Å². The number of carbonyl (C=O) groups excluding carboxylic acids is 1. The van der Waals surface area contributed by atoms with Gasteiger partial charge in [0.2, 0.25) is 5.91 Å². The maximum absolute atomic E-state index is 13.4. The molecule has 0 radical (unpaired) electrons. The molecule has 4 nitrogen and oxygen atoms in total. The van der Waals surface area contributed by atoms with Crippen molar-refractivity contribution in [2.24, 2.45) is 10.8 Å². The molecule has 32 heavy (non-hydrogen) atoms. The number of piperidine rings is 2. The molecule has 2 aliphatic heterocycles. The van der Waals surface area contributed by atoms with Gasteiger partial charge in [0.15, 0.2) is 5.75 Å². The first-order valence-corrected chi connectivity index (χ1v) is 11.6.